The van der Waals surface area contributed by atoms with Gasteiger partial charge in [0.2, 0.25) is 0 Å². The minimum absolute atomic E-state index is 0. The highest BCUT2D eigenvalue weighted by atomic mass is 35.5. The van der Waals surface area contributed by atoms with Crippen molar-refractivity contribution < 1.29 is 14.6 Å². The second-order valence-corrected chi connectivity index (χ2v) is 4.91. The van der Waals surface area contributed by atoms with Crippen LogP contribution >= 0.6 is 12.4 Å². The van der Waals surface area contributed by atoms with Crippen LogP contribution in [0.25, 0.3) is 11.1 Å². The summed E-state index contributed by atoms with van der Waals surface area (Å²) in [6.07, 6.45) is 0.669. The molecule has 1 unspecified atom stereocenters. The molecule has 0 bridgehead atoms. The van der Waals surface area contributed by atoms with Gasteiger partial charge >= 0.3 is 0 Å². The number of aliphatic hydroxyl groups excluding tert-OH is 1. The summed E-state index contributed by atoms with van der Waals surface area (Å²) in [5.41, 5.74) is 9.01. The number of ether oxygens (including phenoxy) is 2. The van der Waals surface area contributed by atoms with Crippen LogP contribution in [0, 0.1) is 0 Å². The molecule has 5 heteroatoms. The number of hydrogen-bond donors (Lipinski definition) is 2. The summed E-state index contributed by atoms with van der Waals surface area (Å²) in [7, 11) is 3.25. The van der Waals surface area contributed by atoms with Crippen LogP contribution in [-0.2, 0) is 6.42 Å². The second kappa shape index (κ2) is 8.63. The highest BCUT2D eigenvalue weighted by Gasteiger charge is 2.07. The van der Waals surface area contributed by atoms with Crippen molar-refractivity contribution in [1.82, 2.24) is 0 Å². The van der Waals surface area contributed by atoms with Gasteiger partial charge in [-0.2, -0.15) is 0 Å². The predicted molar refractivity (Wildman–Crippen MR) is 91.0 cm³/mol. The van der Waals surface area contributed by atoms with Gasteiger partial charge in [0.1, 0.15) is 0 Å². The fraction of sp³-hybridized carbons (Fsp3) is 0.294. The van der Waals surface area contributed by atoms with Crippen LogP contribution < -0.4 is 15.2 Å². The monoisotopic (exact) mass is 323 g/mol. The smallest absolute Gasteiger partial charge is 0.161 e. The van der Waals surface area contributed by atoms with Crippen LogP contribution in [0.2, 0.25) is 0 Å². The van der Waals surface area contributed by atoms with E-state index in [1.165, 1.54) is 0 Å². The lowest BCUT2D eigenvalue weighted by atomic mass is 10.0. The molecule has 2 aromatic carbocycles. The first kappa shape index (κ1) is 18.3. The zero-order valence-corrected chi connectivity index (χ0v) is 13.6. The van der Waals surface area contributed by atoms with Crippen molar-refractivity contribution in [1.29, 1.82) is 0 Å². The van der Waals surface area contributed by atoms with E-state index in [1.807, 2.05) is 42.5 Å². The summed E-state index contributed by atoms with van der Waals surface area (Å²) in [4.78, 5) is 0. The van der Waals surface area contributed by atoms with Crippen LogP contribution in [0.1, 0.15) is 5.56 Å². The molecule has 0 saturated heterocycles. The van der Waals surface area contributed by atoms with Gasteiger partial charge in [-0.1, -0.05) is 30.3 Å². The Hall–Kier alpha value is -1.75. The highest BCUT2D eigenvalue weighted by Crippen LogP contribution is 2.32. The number of halogens is 1. The van der Waals surface area contributed by atoms with Gasteiger partial charge in [0.05, 0.1) is 20.8 Å². The summed E-state index contributed by atoms with van der Waals surface area (Å²) in [5.74, 6) is 1.42. The first-order valence-corrected chi connectivity index (χ1v) is 6.85. The molecule has 0 aliphatic carbocycles. The fourth-order valence-corrected chi connectivity index (χ4v) is 2.22. The third-order valence-corrected chi connectivity index (χ3v) is 3.40. The van der Waals surface area contributed by atoms with Crippen molar-refractivity contribution in [2.45, 2.75) is 12.5 Å². The van der Waals surface area contributed by atoms with Gasteiger partial charge in [0.25, 0.3) is 0 Å². The highest BCUT2D eigenvalue weighted by molar-refractivity contribution is 5.85. The topological polar surface area (TPSA) is 64.7 Å². The Morgan fingerprint density at radius 3 is 2.09 bits per heavy atom. The van der Waals surface area contributed by atoms with E-state index in [1.54, 1.807) is 14.2 Å². The molecular formula is C17H22ClNO3. The molecule has 2 rings (SSSR count). The number of benzene rings is 2. The molecule has 22 heavy (non-hydrogen) atoms. The zero-order chi connectivity index (χ0) is 15.2. The van der Waals surface area contributed by atoms with Gasteiger partial charge in [0.15, 0.2) is 11.5 Å². The largest absolute Gasteiger partial charge is 0.493 e. The molecule has 3 N–H and O–H groups in total. The van der Waals surface area contributed by atoms with Gasteiger partial charge < -0.3 is 20.3 Å². The molecule has 2 aromatic rings. The zero-order valence-electron chi connectivity index (χ0n) is 12.8. The molecule has 0 aliphatic rings. The molecular weight excluding hydrogens is 302 g/mol. The van der Waals surface area contributed by atoms with Crippen LogP contribution in [0.4, 0.5) is 0 Å². The van der Waals surface area contributed by atoms with E-state index < -0.39 is 0 Å². The Balaban J connectivity index is 0.00000242. The third kappa shape index (κ3) is 4.37. The van der Waals surface area contributed by atoms with Crippen molar-refractivity contribution >= 4 is 12.4 Å². The van der Waals surface area contributed by atoms with Gasteiger partial charge in [-0.25, -0.2) is 0 Å². The average Bonchev–Trinajstić information content (AvgIpc) is 2.54. The molecule has 120 valence electrons. The van der Waals surface area contributed by atoms with Crippen LogP contribution in [-0.4, -0.2) is 32.0 Å². The molecule has 0 aliphatic heterocycles. The summed E-state index contributed by atoms with van der Waals surface area (Å²) in [6.45, 7) is -0.00255. The van der Waals surface area contributed by atoms with E-state index in [2.05, 4.69) is 0 Å². The number of aliphatic hydroxyl groups is 1. The minimum atomic E-state index is -0.211. The molecule has 0 saturated carbocycles. The Kier molecular flexibility index (Phi) is 7.18. The lowest BCUT2D eigenvalue weighted by Gasteiger charge is -2.11. The lowest BCUT2D eigenvalue weighted by molar-refractivity contribution is 0.265. The number of methoxy groups -OCH3 is 2. The molecule has 0 fully saturated rings. The third-order valence-electron chi connectivity index (χ3n) is 3.40. The Morgan fingerprint density at radius 2 is 1.55 bits per heavy atom. The SMILES string of the molecule is COc1ccc(-c2ccc(CC(N)CO)cc2)cc1OC.Cl. The van der Waals surface area contributed by atoms with E-state index >= 15 is 0 Å². The number of nitrogens with two attached hydrogens (primary N) is 1. The quantitative estimate of drug-likeness (QED) is 0.857. The summed E-state index contributed by atoms with van der Waals surface area (Å²) >= 11 is 0. The maximum Gasteiger partial charge on any atom is 0.161 e. The normalized spacial score (nSPS) is 11.5. The first-order valence-electron chi connectivity index (χ1n) is 6.85. The van der Waals surface area contributed by atoms with Gasteiger partial charge in [-0.05, 0) is 35.2 Å². The molecule has 0 spiro atoms. The summed E-state index contributed by atoms with van der Waals surface area (Å²) in [5, 5.41) is 8.98. The van der Waals surface area contributed by atoms with Gasteiger partial charge in [0, 0.05) is 6.04 Å². The molecule has 0 radical (unpaired) electrons. The maximum atomic E-state index is 8.98. The molecule has 1 atom stereocenters. The van der Waals surface area contributed by atoms with Gasteiger partial charge in [-0.3, -0.25) is 0 Å². The fourth-order valence-electron chi connectivity index (χ4n) is 2.22. The van der Waals surface area contributed by atoms with E-state index in [0.717, 1.165) is 16.7 Å². The summed E-state index contributed by atoms with van der Waals surface area (Å²) < 4.78 is 10.6. The van der Waals surface area contributed by atoms with Crippen molar-refractivity contribution in [3.63, 3.8) is 0 Å². The maximum absolute atomic E-state index is 8.98. The van der Waals surface area contributed by atoms with Crippen LogP contribution in [0.15, 0.2) is 42.5 Å². The van der Waals surface area contributed by atoms with Gasteiger partial charge in [-0.15, -0.1) is 12.4 Å². The number of hydrogen-bond acceptors (Lipinski definition) is 4. The Bertz CT molecular complexity index is 587. The first-order chi connectivity index (χ1) is 10.2. The second-order valence-electron chi connectivity index (χ2n) is 4.91. The number of rotatable bonds is 6. The van der Waals surface area contributed by atoms with E-state index in [0.29, 0.717) is 17.9 Å². The summed E-state index contributed by atoms with van der Waals surface area (Å²) in [6, 6.07) is 13.8. The lowest BCUT2D eigenvalue weighted by Crippen LogP contribution is -2.26. The molecule has 4 nitrogen and oxygen atoms in total. The van der Waals surface area contributed by atoms with E-state index in [9.17, 15) is 0 Å². The Morgan fingerprint density at radius 1 is 0.955 bits per heavy atom. The standard InChI is InChI=1S/C17H21NO3.ClH/c1-20-16-8-7-14(10-17(16)21-2)13-5-3-12(4-6-13)9-15(18)11-19;/h3-8,10,15,19H,9,11,18H2,1-2H3;1H. The van der Waals surface area contributed by atoms with E-state index in [-0.39, 0.29) is 25.1 Å². The average molecular weight is 324 g/mol. The van der Waals surface area contributed by atoms with Crippen molar-refractivity contribution in [2.24, 2.45) is 5.73 Å². The Labute approximate surface area is 137 Å². The van der Waals surface area contributed by atoms with Crippen LogP contribution in [0.3, 0.4) is 0 Å². The van der Waals surface area contributed by atoms with Crippen LogP contribution in [0.5, 0.6) is 11.5 Å². The molecule has 0 amide bonds. The molecule has 0 heterocycles. The van der Waals surface area contributed by atoms with Crippen molar-refractivity contribution in [2.75, 3.05) is 20.8 Å². The van der Waals surface area contributed by atoms with Crippen molar-refractivity contribution in [3.8, 4) is 22.6 Å². The van der Waals surface area contributed by atoms with Crippen molar-refractivity contribution in [3.05, 3.63) is 48.0 Å². The predicted octanol–water partition coefficient (Wildman–Crippen LogP) is 2.65. The van der Waals surface area contributed by atoms with E-state index in [4.69, 9.17) is 20.3 Å². The minimum Gasteiger partial charge on any atom is -0.493 e. The molecule has 0 aromatic heterocycles.